The summed E-state index contributed by atoms with van der Waals surface area (Å²) in [5, 5.41) is 4.02. The van der Waals surface area contributed by atoms with Crippen LogP contribution in [0.2, 0.25) is 0 Å². The second-order valence-electron chi connectivity index (χ2n) is 4.96. The summed E-state index contributed by atoms with van der Waals surface area (Å²) in [6, 6.07) is 10.7. The van der Waals surface area contributed by atoms with Gasteiger partial charge in [0.15, 0.2) is 11.5 Å². The average molecular weight is 327 g/mol. The Morgan fingerprint density at radius 1 is 0.875 bits per heavy atom. The lowest BCUT2D eigenvalue weighted by molar-refractivity contribution is 0.324. The van der Waals surface area contributed by atoms with Crippen molar-refractivity contribution in [1.29, 1.82) is 0 Å². The van der Waals surface area contributed by atoms with E-state index in [-0.39, 0.29) is 0 Å². The molecule has 3 rings (SSSR count). The fourth-order valence-electron chi connectivity index (χ4n) is 2.29. The minimum absolute atomic E-state index is 0.402. The number of rotatable bonds is 5. The van der Waals surface area contributed by atoms with Crippen molar-refractivity contribution in [2.24, 2.45) is 0 Å². The number of hydrogen-bond acceptors (Lipinski definition) is 7. The van der Waals surface area contributed by atoms with Crippen LogP contribution in [0.1, 0.15) is 0 Å². The second kappa shape index (κ2) is 6.49. The zero-order valence-corrected chi connectivity index (χ0v) is 13.6. The number of nitrogens with zero attached hydrogens (tertiary/aromatic N) is 2. The lowest BCUT2D eigenvalue weighted by atomic mass is 10.1. The number of nitrogens with two attached hydrogens (primary N) is 1. The lowest BCUT2D eigenvalue weighted by Gasteiger charge is -2.12. The zero-order chi connectivity index (χ0) is 17.1. The molecule has 0 saturated heterocycles. The summed E-state index contributed by atoms with van der Waals surface area (Å²) in [7, 11) is 4.65. The Hall–Kier alpha value is -3.22. The largest absolute Gasteiger partial charge is 0.493 e. The Labute approximate surface area is 139 Å². The van der Waals surface area contributed by atoms with Crippen molar-refractivity contribution in [3.05, 3.63) is 36.4 Å². The highest BCUT2D eigenvalue weighted by molar-refractivity contribution is 5.68. The Morgan fingerprint density at radius 2 is 1.50 bits per heavy atom. The Morgan fingerprint density at radius 3 is 2.04 bits per heavy atom. The Bertz CT molecular complexity index is 818. The predicted octanol–water partition coefficient (Wildman–Crippen LogP) is 3.01. The molecule has 0 aliphatic rings. The quantitative estimate of drug-likeness (QED) is 0.720. The third-order valence-electron chi connectivity index (χ3n) is 3.51. The molecule has 0 bridgehead atoms. The molecule has 2 aromatic carbocycles. The summed E-state index contributed by atoms with van der Waals surface area (Å²) >= 11 is 0. The van der Waals surface area contributed by atoms with Gasteiger partial charge >= 0.3 is 0 Å². The molecule has 7 heteroatoms. The van der Waals surface area contributed by atoms with Crippen molar-refractivity contribution in [2.75, 3.05) is 27.1 Å². The van der Waals surface area contributed by atoms with Crippen molar-refractivity contribution >= 4 is 5.69 Å². The van der Waals surface area contributed by atoms with E-state index in [0.717, 1.165) is 5.56 Å². The number of aromatic nitrogens is 2. The summed E-state index contributed by atoms with van der Waals surface area (Å²) in [4.78, 5) is 4.42. The van der Waals surface area contributed by atoms with E-state index in [1.165, 1.54) is 0 Å². The van der Waals surface area contributed by atoms with E-state index < -0.39 is 0 Å². The first kappa shape index (κ1) is 15.7. The van der Waals surface area contributed by atoms with E-state index in [2.05, 4.69) is 10.1 Å². The van der Waals surface area contributed by atoms with Gasteiger partial charge in [0.1, 0.15) is 0 Å². The van der Waals surface area contributed by atoms with Gasteiger partial charge in [-0.1, -0.05) is 5.16 Å². The molecule has 7 nitrogen and oxygen atoms in total. The molecule has 0 aliphatic heterocycles. The highest BCUT2D eigenvalue weighted by Gasteiger charge is 2.17. The van der Waals surface area contributed by atoms with Gasteiger partial charge in [-0.05, 0) is 36.4 Å². The highest BCUT2D eigenvalue weighted by atomic mass is 16.5. The van der Waals surface area contributed by atoms with Gasteiger partial charge in [0.05, 0.1) is 21.3 Å². The van der Waals surface area contributed by atoms with Crippen molar-refractivity contribution in [1.82, 2.24) is 10.1 Å². The first-order valence-electron chi connectivity index (χ1n) is 7.16. The first-order chi connectivity index (χ1) is 11.7. The SMILES string of the molecule is COc1cc(-c2noc(-c3ccc(N)cc3)n2)cc(OC)c1OC. The van der Waals surface area contributed by atoms with Gasteiger partial charge in [-0.15, -0.1) is 0 Å². The van der Waals surface area contributed by atoms with Crippen LogP contribution in [0.3, 0.4) is 0 Å². The molecular formula is C17H17N3O4. The van der Waals surface area contributed by atoms with Crippen LogP contribution in [0.5, 0.6) is 17.2 Å². The van der Waals surface area contributed by atoms with E-state index in [1.54, 1.807) is 45.6 Å². The molecule has 3 aromatic rings. The molecule has 1 heterocycles. The number of methoxy groups -OCH3 is 3. The van der Waals surface area contributed by atoms with E-state index in [0.29, 0.717) is 40.2 Å². The molecule has 124 valence electrons. The van der Waals surface area contributed by atoms with E-state index in [1.807, 2.05) is 12.1 Å². The Kier molecular flexibility index (Phi) is 4.24. The summed E-state index contributed by atoms with van der Waals surface area (Å²) in [5.74, 6) is 2.36. The number of hydrogen-bond donors (Lipinski definition) is 1. The number of nitrogen functional groups attached to an aromatic ring is 1. The fourth-order valence-corrected chi connectivity index (χ4v) is 2.29. The standard InChI is InChI=1S/C17H17N3O4/c1-21-13-8-11(9-14(22-2)15(13)23-3)16-19-17(24-20-16)10-4-6-12(18)7-5-10/h4-9H,18H2,1-3H3. The minimum Gasteiger partial charge on any atom is -0.493 e. The van der Waals surface area contributed by atoms with Crippen LogP contribution < -0.4 is 19.9 Å². The number of ether oxygens (including phenoxy) is 3. The molecule has 0 amide bonds. The van der Waals surface area contributed by atoms with E-state index >= 15 is 0 Å². The van der Waals surface area contributed by atoms with Crippen LogP contribution in [0.25, 0.3) is 22.8 Å². The van der Waals surface area contributed by atoms with Gasteiger partial charge in [-0.25, -0.2) is 0 Å². The third-order valence-corrected chi connectivity index (χ3v) is 3.51. The molecule has 0 radical (unpaired) electrons. The summed E-state index contributed by atoms with van der Waals surface area (Å²) in [6.07, 6.45) is 0. The van der Waals surface area contributed by atoms with Crippen LogP contribution in [-0.4, -0.2) is 31.5 Å². The van der Waals surface area contributed by atoms with Crippen LogP contribution in [0.4, 0.5) is 5.69 Å². The van der Waals surface area contributed by atoms with Crippen LogP contribution in [0.15, 0.2) is 40.9 Å². The molecule has 1 aromatic heterocycles. The second-order valence-corrected chi connectivity index (χ2v) is 4.96. The average Bonchev–Trinajstić information content (AvgIpc) is 3.11. The van der Waals surface area contributed by atoms with Gasteiger partial charge in [-0.2, -0.15) is 4.98 Å². The first-order valence-corrected chi connectivity index (χ1v) is 7.16. The number of benzene rings is 2. The molecule has 0 unspecified atom stereocenters. The van der Waals surface area contributed by atoms with Crippen LogP contribution in [-0.2, 0) is 0 Å². The topological polar surface area (TPSA) is 92.6 Å². The molecule has 0 spiro atoms. The van der Waals surface area contributed by atoms with Crippen molar-refractivity contribution in [3.8, 4) is 40.1 Å². The maximum atomic E-state index is 5.69. The maximum Gasteiger partial charge on any atom is 0.258 e. The van der Waals surface area contributed by atoms with Crippen LogP contribution >= 0.6 is 0 Å². The van der Waals surface area contributed by atoms with Crippen molar-refractivity contribution in [3.63, 3.8) is 0 Å². The smallest absolute Gasteiger partial charge is 0.258 e. The summed E-state index contributed by atoms with van der Waals surface area (Å²) < 4.78 is 21.3. The van der Waals surface area contributed by atoms with Gasteiger partial charge in [-0.3, -0.25) is 0 Å². The molecule has 2 N–H and O–H groups in total. The molecule has 0 fully saturated rings. The predicted molar refractivity (Wildman–Crippen MR) is 89.2 cm³/mol. The van der Waals surface area contributed by atoms with E-state index in [9.17, 15) is 0 Å². The van der Waals surface area contributed by atoms with Crippen molar-refractivity contribution in [2.45, 2.75) is 0 Å². The minimum atomic E-state index is 0.402. The summed E-state index contributed by atoms with van der Waals surface area (Å²) in [5.41, 5.74) is 7.83. The maximum absolute atomic E-state index is 5.69. The molecule has 24 heavy (non-hydrogen) atoms. The molecule has 0 saturated carbocycles. The third kappa shape index (κ3) is 2.83. The van der Waals surface area contributed by atoms with Crippen LogP contribution in [0, 0.1) is 0 Å². The van der Waals surface area contributed by atoms with E-state index in [4.69, 9.17) is 24.5 Å². The molecular weight excluding hydrogens is 310 g/mol. The Balaban J connectivity index is 2.02. The monoisotopic (exact) mass is 327 g/mol. The number of anilines is 1. The molecule has 0 aliphatic carbocycles. The summed E-state index contributed by atoms with van der Waals surface area (Å²) in [6.45, 7) is 0. The lowest BCUT2D eigenvalue weighted by Crippen LogP contribution is -1.96. The van der Waals surface area contributed by atoms with Gasteiger partial charge in [0.2, 0.25) is 11.6 Å². The fraction of sp³-hybridized carbons (Fsp3) is 0.176. The molecule has 0 atom stereocenters. The van der Waals surface area contributed by atoms with Gasteiger partial charge in [0.25, 0.3) is 5.89 Å². The van der Waals surface area contributed by atoms with Gasteiger partial charge in [0, 0.05) is 16.8 Å². The highest BCUT2D eigenvalue weighted by Crippen LogP contribution is 2.40. The zero-order valence-electron chi connectivity index (χ0n) is 13.6. The van der Waals surface area contributed by atoms with Gasteiger partial charge < -0.3 is 24.5 Å². The van der Waals surface area contributed by atoms with Crippen molar-refractivity contribution < 1.29 is 18.7 Å². The normalized spacial score (nSPS) is 10.5.